The summed E-state index contributed by atoms with van der Waals surface area (Å²) < 4.78 is 11.0. The van der Waals surface area contributed by atoms with Crippen LogP contribution in [0.25, 0.3) is 0 Å². The first kappa shape index (κ1) is 15.8. The van der Waals surface area contributed by atoms with Crippen LogP contribution in [-0.2, 0) is 9.53 Å². The highest BCUT2D eigenvalue weighted by atomic mass is 16.5. The van der Waals surface area contributed by atoms with Crippen LogP contribution in [-0.4, -0.2) is 48.6 Å². The molecule has 1 saturated carbocycles. The van der Waals surface area contributed by atoms with Gasteiger partial charge in [0.2, 0.25) is 5.91 Å². The summed E-state index contributed by atoms with van der Waals surface area (Å²) in [5, 5.41) is 0. The minimum atomic E-state index is -1.07. The molecular weight excluding hydrogens is 296 g/mol. The first-order valence-electron chi connectivity index (χ1n) is 7.95. The molecule has 124 valence electrons. The molecule has 2 N–H and O–H groups in total. The maximum absolute atomic E-state index is 13.0. The molecule has 1 unspecified atom stereocenters. The molecule has 23 heavy (non-hydrogen) atoms. The summed E-state index contributed by atoms with van der Waals surface area (Å²) in [5.41, 5.74) is 5.01. The topological polar surface area (TPSA) is 81.9 Å². The van der Waals surface area contributed by atoms with Crippen LogP contribution in [0.4, 0.5) is 0 Å². The second-order valence-corrected chi connectivity index (χ2v) is 6.20. The van der Waals surface area contributed by atoms with Gasteiger partial charge in [-0.25, -0.2) is 0 Å². The van der Waals surface area contributed by atoms with E-state index in [0.29, 0.717) is 24.3 Å². The smallest absolute Gasteiger partial charge is 0.258 e. The fourth-order valence-corrected chi connectivity index (χ4v) is 3.15. The number of likely N-dealkylation sites (tertiary alicyclic amines) is 1. The average Bonchev–Trinajstić information content (AvgIpc) is 3.24. The number of methoxy groups -OCH3 is 1. The molecule has 1 aromatic carbocycles. The van der Waals surface area contributed by atoms with Crippen molar-refractivity contribution in [2.75, 3.05) is 20.3 Å². The van der Waals surface area contributed by atoms with E-state index in [1.54, 1.807) is 23.1 Å². The fraction of sp³-hybridized carbons (Fsp3) is 0.529. The van der Waals surface area contributed by atoms with Gasteiger partial charge >= 0.3 is 0 Å². The Bertz CT molecular complexity index is 614. The molecule has 2 aliphatic rings. The fourth-order valence-electron chi connectivity index (χ4n) is 3.15. The van der Waals surface area contributed by atoms with Gasteiger partial charge in [0.15, 0.2) is 0 Å². The lowest BCUT2D eigenvalue weighted by Crippen LogP contribution is -2.58. The highest BCUT2D eigenvalue weighted by Gasteiger charge is 2.49. The molecule has 0 bridgehead atoms. The number of primary amides is 1. The minimum absolute atomic E-state index is 0.111. The molecule has 1 aliphatic carbocycles. The van der Waals surface area contributed by atoms with E-state index < -0.39 is 11.4 Å². The van der Waals surface area contributed by atoms with Crippen LogP contribution >= 0.6 is 0 Å². The average molecular weight is 318 g/mol. The quantitative estimate of drug-likeness (QED) is 0.858. The maximum atomic E-state index is 13.0. The number of carbonyl (C=O) groups excluding carboxylic acids is 2. The SMILES string of the molecule is COCC1(C(N)=O)CCCN1C(=O)c1ccccc1OC1CC1. The Morgan fingerprint density at radius 2 is 2.09 bits per heavy atom. The second kappa shape index (κ2) is 6.20. The third-order valence-corrected chi connectivity index (χ3v) is 4.51. The standard InChI is InChI=1S/C17H22N2O4/c1-22-11-17(16(18)21)9-4-10-19(17)15(20)13-5-2-3-6-14(13)23-12-7-8-12/h2-3,5-6,12H,4,7-11H2,1H3,(H2,18,21). The lowest BCUT2D eigenvalue weighted by Gasteiger charge is -2.35. The molecule has 1 saturated heterocycles. The van der Waals surface area contributed by atoms with Crippen molar-refractivity contribution in [3.05, 3.63) is 29.8 Å². The van der Waals surface area contributed by atoms with Crippen molar-refractivity contribution >= 4 is 11.8 Å². The molecule has 1 heterocycles. The molecule has 2 fully saturated rings. The van der Waals surface area contributed by atoms with Crippen LogP contribution in [0.2, 0.25) is 0 Å². The van der Waals surface area contributed by atoms with Crippen LogP contribution in [0.1, 0.15) is 36.0 Å². The predicted octanol–water partition coefficient (Wildman–Crippen LogP) is 1.33. The number of carbonyl (C=O) groups is 2. The van der Waals surface area contributed by atoms with Gasteiger partial charge in [-0.05, 0) is 37.8 Å². The van der Waals surface area contributed by atoms with Gasteiger partial charge in [0, 0.05) is 13.7 Å². The van der Waals surface area contributed by atoms with Gasteiger partial charge in [0.1, 0.15) is 11.3 Å². The number of hydrogen-bond donors (Lipinski definition) is 1. The van der Waals surface area contributed by atoms with E-state index in [4.69, 9.17) is 15.2 Å². The molecule has 3 rings (SSSR count). The molecule has 0 radical (unpaired) electrons. The number of ether oxygens (including phenoxy) is 2. The Labute approximate surface area is 135 Å². The van der Waals surface area contributed by atoms with E-state index in [0.717, 1.165) is 19.3 Å². The summed E-state index contributed by atoms with van der Waals surface area (Å²) in [4.78, 5) is 26.6. The molecule has 1 atom stereocenters. The largest absolute Gasteiger partial charge is 0.490 e. The second-order valence-electron chi connectivity index (χ2n) is 6.20. The van der Waals surface area contributed by atoms with E-state index in [1.807, 2.05) is 6.07 Å². The third kappa shape index (κ3) is 2.91. The zero-order valence-electron chi connectivity index (χ0n) is 13.3. The Hall–Kier alpha value is -2.08. The Kier molecular flexibility index (Phi) is 4.26. The summed E-state index contributed by atoms with van der Waals surface area (Å²) in [5.74, 6) is -0.178. The molecule has 0 aromatic heterocycles. The first-order chi connectivity index (χ1) is 11.1. The van der Waals surface area contributed by atoms with Crippen LogP contribution in [0.15, 0.2) is 24.3 Å². The van der Waals surface area contributed by atoms with E-state index in [1.165, 1.54) is 7.11 Å². The number of para-hydroxylation sites is 1. The van der Waals surface area contributed by atoms with E-state index in [-0.39, 0.29) is 18.6 Å². The van der Waals surface area contributed by atoms with Crippen LogP contribution in [0.5, 0.6) is 5.75 Å². The minimum Gasteiger partial charge on any atom is -0.490 e. The zero-order valence-corrected chi connectivity index (χ0v) is 13.3. The van der Waals surface area contributed by atoms with E-state index >= 15 is 0 Å². The van der Waals surface area contributed by atoms with Crippen molar-refractivity contribution in [1.29, 1.82) is 0 Å². The van der Waals surface area contributed by atoms with Gasteiger partial charge in [-0.1, -0.05) is 12.1 Å². The highest BCUT2D eigenvalue weighted by molar-refractivity contribution is 6.01. The van der Waals surface area contributed by atoms with Gasteiger partial charge < -0.3 is 20.1 Å². The Morgan fingerprint density at radius 3 is 2.74 bits per heavy atom. The summed E-state index contributed by atoms with van der Waals surface area (Å²) in [6, 6.07) is 7.17. The number of benzene rings is 1. The monoisotopic (exact) mass is 318 g/mol. The van der Waals surface area contributed by atoms with Crippen molar-refractivity contribution in [2.24, 2.45) is 5.73 Å². The lowest BCUT2D eigenvalue weighted by atomic mass is 9.95. The van der Waals surface area contributed by atoms with Crippen molar-refractivity contribution in [1.82, 2.24) is 4.90 Å². The number of amides is 2. The van der Waals surface area contributed by atoms with Crippen molar-refractivity contribution in [3.8, 4) is 5.75 Å². The summed E-state index contributed by atoms with van der Waals surface area (Å²) in [6.45, 7) is 0.600. The summed E-state index contributed by atoms with van der Waals surface area (Å²) >= 11 is 0. The van der Waals surface area contributed by atoms with Gasteiger partial charge in [-0.3, -0.25) is 9.59 Å². The molecule has 6 heteroatoms. The van der Waals surface area contributed by atoms with Gasteiger partial charge in [0.05, 0.1) is 18.3 Å². The third-order valence-electron chi connectivity index (χ3n) is 4.51. The number of hydrogen-bond acceptors (Lipinski definition) is 4. The highest BCUT2D eigenvalue weighted by Crippen LogP contribution is 2.34. The normalized spacial score (nSPS) is 23.8. The van der Waals surface area contributed by atoms with Gasteiger partial charge in [-0.15, -0.1) is 0 Å². The molecule has 6 nitrogen and oxygen atoms in total. The molecule has 1 aromatic rings. The summed E-state index contributed by atoms with van der Waals surface area (Å²) in [7, 11) is 1.51. The van der Waals surface area contributed by atoms with Crippen molar-refractivity contribution in [2.45, 2.75) is 37.3 Å². The van der Waals surface area contributed by atoms with Crippen molar-refractivity contribution < 1.29 is 19.1 Å². The molecule has 2 amide bonds. The Morgan fingerprint density at radius 1 is 1.35 bits per heavy atom. The summed E-state index contributed by atoms with van der Waals surface area (Å²) in [6.07, 6.45) is 3.47. The van der Waals surface area contributed by atoms with Crippen LogP contribution in [0.3, 0.4) is 0 Å². The van der Waals surface area contributed by atoms with Crippen LogP contribution in [0, 0.1) is 0 Å². The number of rotatable bonds is 6. The van der Waals surface area contributed by atoms with E-state index in [2.05, 4.69) is 0 Å². The van der Waals surface area contributed by atoms with Crippen LogP contribution < -0.4 is 10.5 Å². The number of nitrogens with two attached hydrogens (primary N) is 1. The zero-order chi connectivity index (χ0) is 16.4. The van der Waals surface area contributed by atoms with Crippen molar-refractivity contribution in [3.63, 3.8) is 0 Å². The van der Waals surface area contributed by atoms with E-state index in [9.17, 15) is 9.59 Å². The van der Waals surface area contributed by atoms with Gasteiger partial charge in [0.25, 0.3) is 5.91 Å². The lowest BCUT2D eigenvalue weighted by molar-refractivity contribution is -0.130. The molecule has 0 spiro atoms. The van der Waals surface area contributed by atoms with Gasteiger partial charge in [-0.2, -0.15) is 0 Å². The first-order valence-corrected chi connectivity index (χ1v) is 7.95. The molecular formula is C17H22N2O4. The predicted molar refractivity (Wildman–Crippen MR) is 84.2 cm³/mol. The number of nitrogens with zero attached hydrogens (tertiary/aromatic N) is 1. The maximum Gasteiger partial charge on any atom is 0.258 e. The molecule has 1 aliphatic heterocycles. The Balaban J connectivity index is 1.91.